The fourth-order valence-corrected chi connectivity index (χ4v) is 1.99. The van der Waals surface area contributed by atoms with Crippen LogP contribution in [-0.4, -0.2) is 44.0 Å². The Labute approximate surface area is 133 Å². The van der Waals surface area contributed by atoms with Crippen LogP contribution in [0.3, 0.4) is 0 Å². The van der Waals surface area contributed by atoms with Crippen molar-refractivity contribution in [3.63, 3.8) is 0 Å². The number of rotatable bonds is 9. The average Bonchev–Trinajstić information content (AvgIpc) is 2.50. The number of Topliss-reactive ketones (excluding diaryl/α,β-unsaturated/α-hetero) is 1. The van der Waals surface area contributed by atoms with Gasteiger partial charge in [0.25, 0.3) is 0 Å². The summed E-state index contributed by atoms with van der Waals surface area (Å²) in [6, 6.07) is 5.35. The van der Waals surface area contributed by atoms with Gasteiger partial charge < -0.3 is 14.4 Å². The van der Waals surface area contributed by atoms with E-state index in [1.165, 1.54) is 0 Å². The number of benzene rings is 1. The van der Waals surface area contributed by atoms with Crippen LogP contribution in [0.4, 0.5) is 0 Å². The van der Waals surface area contributed by atoms with Crippen LogP contribution in [0.1, 0.15) is 37.6 Å². The molecule has 5 heteroatoms. The van der Waals surface area contributed by atoms with E-state index in [0.29, 0.717) is 30.1 Å². The number of halogens is 1. The van der Waals surface area contributed by atoms with Crippen molar-refractivity contribution in [2.75, 3.05) is 33.4 Å². The van der Waals surface area contributed by atoms with Crippen LogP contribution >= 0.6 is 12.4 Å². The van der Waals surface area contributed by atoms with Crippen LogP contribution in [0.25, 0.3) is 0 Å². The van der Waals surface area contributed by atoms with Crippen LogP contribution in [0.5, 0.6) is 11.5 Å². The summed E-state index contributed by atoms with van der Waals surface area (Å²) < 4.78 is 11.0. The molecule has 0 bridgehead atoms. The fraction of sp³-hybridized carbons (Fsp3) is 0.562. The van der Waals surface area contributed by atoms with Crippen molar-refractivity contribution in [3.8, 4) is 11.5 Å². The molecule has 0 unspecified atom stereocenters. The van der Waals surface area contributed by atoms with E-state index in [4.69, 9.17) is 9.47 Å². The molecular weight excluding hydrogens is 290 g/mol. The molecule has 4 nitrogen and oxygen atoms in total. The summed E-state index contributed by atoms with van der Waals surface area (Å²) >= 11 is 0. The molecule has 1 rings (SSSR count). The Morgan fingerprint density at radius 3 is 2.38 bits per heavy atom. The number of nitrogens with zero attached hydrogens (tertiary/aromatic N) is 1. The van der Waals surface area contributed by atoms with Gasteiger partial charge in [0.2, 0.25) is 0 Å². The average molecular weight is 316 g/mol. The second kappa shape index (κ2) is 10.5. The van der Waals surface area contributed by atoms with E-state index in [-0.39, 0.29) is 18.2 Å². The number of methoxy groups -OCH3 is 1. The lowest BCUT2D eigenvalue weighted by Gasteiger charge is -2.19. The molecule has 0 heterocycles. The predicted molar refractivity (Wildman–Crippen MR) is 88.1 cm³/mol. The molecule has 1 aromatic carbocycles. The normalized spacial score (nSPS) is 10.1. The van der Waals surface area contributed by atoms with E-state index < -0.39 is 0 Å². The number of ketones is 1. The molecule has 0 atom stereocenters. The molecule has 0 N–H and O–H groups in total. The maximum atomic E-state index is 11.9. The van der Waals surface area contributed by atoms with E-state index in [1.54, 1.807) is 25.3 Å². The molecule has 0 aliphatic rings. The van der Waals surface area contributed by atoms with Gasteiger partial charge in [0.15, 0.2) is 5.78 Å². The van der Waals surface area contributed by atoms with E-state index in [9.17, 15) is 4.79 Å². The molecule has 0 aliphatic heterocycles. The van der Waals surface area contributed by atoms with Gasteiger partial charge in [0.05, 0.1) is 12.7 Å². The minimum atomic E-state index is 0. The standard InChI is InChI=1S/C16H25NO3.ClH/c1-5-15(18)14-9-8-13(19-4)12-16(14)20-11-10-17(6-2)7-3;/h8-9,12H,5-7,10-11H2,1-4H3;1H. The maximum Gasteiger partial charge on any atom is 0.166 e. The van der Waals surface area contributed by atoms with Gasteiger partial charge in [0.1, 0.15) is 18.1 Å². The Balaban J connectivity index is 0.00000400. The van der Waals surface area contributed by atoms with Crippen molar-refractivity contribution in [2.45, 2.75) is 27.2 Å². The van der Waals surface area contributed by atoms with Crippen LogP contribution < -0.4 is 9.47 Å². The van der Waals surface area contributed by atoms with Gasteiger partial charge in [-0.2, -0.15) is 0 Å². The van der Waals surface area contributed by atoms with Gasteiger partial charge in [-0.1, -0.05) is 20.8 Å². The van der Waals surface area contributed by atoms with Gasteiger partial charge in [-0.3, -0.25) is 4.79 Å². The second-order valence-corrected chi connectivity index (χ2v) is 4.51. The monoisotopic (exact) mass is 315 g/mol. The SMILES string of the molecule is CCC(=O)c1ccc(OC)cc1OCCN(CC)CC.Cl. The molecule has 21 heavy (non-hydrogen) atoms. The van der Waals surface area contributed by atoms with Gasteiger partial charge >= 0.3 is 0 Å². The first-order chi connectivity index (χ1) is 9.65. The predicted octanol–water partition coefficient (Wildman–Crippen LogP) is 3.43. The van der Waals surface area contributed by atoms with Crippen LogP contribution in [0.2, 0.25) is 0 Å². The minimum Gasteiger partial charge on any atom is -0.497 e. The van der Waals surface area contributed by atoms with Gasteiger partial charge in [-0.15, -0.1) is 12.4 Å². The zero-order valence-electron chi connectivity index (χ0n) is 13.3. The molecule has 0 saturated heterocycles. The second-order valence-electron chi connectivity index (χ2n) is 4.51. The van der Waals surface area contributed by atoms with Crippen LogP contribution in [0.15, 0.2) is 18.2 Å². The molecule has 0 fully saturated rings. The highest BCUT2D eigenvalue weighted by atomic mass is 35.5. The highest BCUT2D eigenvalue weighted by molar-refractivity contribution is 5.98. The lowest BCUT2D eigenvalue weighted by molar-refractivity contribution is 0.0983. The van der Waals surface area contributed by atoms with Gasteiger partial charge in [-0.05, 0) is 25.2 Å². The summed E-state index contributed by atoms with van der Waals surface area (Å²) in [6.07, 6.45) is 0.471. The molecule has 0 spiro atoms. The van der Waals surface area contributed by atoms with E-state index in [2.05, 4.69) is 18.7 Å². The molecule has 120 valence electrons. The number of hydrogen-bond acceptors (Lipinski definition) is 4. The lowest BCUT2D eigenvalue weighted by atomic mass is 10.1. The van der Waals surface area contributed by atoms with E-state index >= 15 is 0 Å². The quantitative estimate of drug-likeness (QED) is 0.654. The molecule has 0 aliphatic carbocycles. The molecule has 0 saturated carbocycles. The number of ether oxygens (including phenoxy) is 2. The number of carbonyl (C=O) groups is 1. The number of carbonyl (C=O) groups excluding carboxylic acids is 1. The van der Waals surface area contributed by atoms with E-state index in [0.717, 1.165) is 19.6 Å². The van der Waals surface area contributed by atoms with Crippen LogP contribution in [-0.2, 0) is 0 Å². The van der Waals surface area contributed by atoms with Gasteiger partial charge in [-0.25, -0.2) is 0 Å². The Bertz CT molecular complexity index is 434. The topological polar surface area (TPSA) is 38.8 Å². The Morgan fingerprint density at radius 1 is 1.19 bits per heavy atom. The smallest absolute Gasteiger partial charge is 0.166 e. The fourth-order valence-electron chi connectivity index (χ4n) is 1.99. The molecule has 0 radical (unpaired) electrons. The summed E-state index contributed by atoms with van der Waals surface area (Å²) in [5.41, 5.74) is 0.632. The first kappa shape index (κ1) is 19.7. The molecule has 0 amide bonds. The third-order valence-corrected chi connectivity index (χ3v) is 3.37. The highest BCUT2D eigenvalue weighted by Crippen LogP contribution is 2.26. The minimum absolute atomic E-state index is 0. The van der Waals surface area contributed by atoms with Crippen molar-refractivity contribution in [1.82, 2.24) is 4.90 Å². The third kappa shape index (κ3) is 5.94. The van der Waals surface area contributed by atoms with Crippen molar-refractivity contribution < 1.29 is 14.3 Å². The molecule has 0 aromatic heterocycles. The van der Waals surface area contributed by atoms with E-state index in [1.807, 2.05) is 6.92 Å². The molecule has 1 aromatic rings. The zero-order chi connectivity index (χ0) is 15.0. The zero-order valence-corrected chi connectivity index (χ0v) is 14.2. The summed E-state index contributed by atoms with van der Waals surface area (Å²) in [6.45, 7) is 9.52. The number of hydrogen-bond donors (Lipinski definition) is 0. The summed E-state index contributed by atoms with van der Waals surface area (Å²) in [5, 5.41) is 0. The largest absolute Gasteiger partial charge is 0.497 e. The third-order valence-electron chi connectivity index (χ3n) is 3.37. The van der Waals surface area contributed by atoms with Crippen molar-refractivity contribution >= 4 is 18.2 Å². The molecular formula is C16H26ClNO3. The first-order valence-corrected chi connectivity index (χ1v) is 7.22. The summed E-state index contributed by atoms with van der Waals surface area (Å²) in [5.74, 6) is 1.41. The highest BCUT2D eigenvalue weighted by Gasteiger charge is 2.12. The van der Waals surface area contributed by atoms with Crippen molar-refractivity contribution in [2.24, 2.45) is 0 Å². The Kier molecular flexibility index (Phi) is 9.84. The summed E-state index contributed by atoms with van der Waals surface area (Å²) in [7, 11) is 1.61. The lowest BCUT2D eigenvalue weighted by Crippen LogP contribution is -2.28. The van der Waals surface area contributed by atoms with Crippen LogP contribution in [0, 0.1) is 0 Å². The van der Waals surface area contributed by atoms with Crippen molar-refractivity contribution in [1.29, 1.82) is 0 Å². The first-order valence-electron chi connectivity index (χ1n) is 7.22. The van der Waals surface area contributed by atoms with Crippen molar-refractivity contribution in [3.05, 3.63) is 23.8 Å². The Hall–Kier alpha value is -1.26. The summed E-state index contributed by atoms with van der Waals surface area (Å²) in [4.78, 5) is 14.2. The van der Waals surface area contributed by atoms with Gasteiger partial charge in [0, 0.05) is 19.0 Å². The Morgan fingerprint density at radius 2 is 1.86 bits per heavy atom. The maximum absolute atomic E-state index is 11.9. The number of likely N-dealkylation sites (N-methyl/N-ethyl adjacent to an activating group) is 1.